The van der Waals surface area contributed by atoms with Crippen LogP contribution in [0.1, 0.15) is 40.2 Å². The molecule has 0 aliphatic carbocycles. The van der Waals surface area contributed by atoms with Crippen LogP contribution < -0.4 is 10.6 Å². The lowest BCUT2D eigenvalue weighted by Crippen LogP contribution is -2.25. The van der Waals surface area contributed by atoms with Crippen LogP contribution in [0.2, 0.25) is 0 Å². The number of carbonyl (C=O) groups is 1. The molecule has 0 aliphatic heterocycles. The molecule has 0 spiro atoms. The van der Waals surface area contributed by atoms with E-state index in [9.17, 15) is 9.90 Å². The van der Waals surface area contributed by atoms with Crippen LogP contribution in [0.5, 0.6) is 0 Å². The maximum absolute atomic E-state index is 11.2. The zero-order chi connectivity index (χ0) is 22.1. The number of methoxy groups -OCH3 is 1. The standard InChI is InChI=1S/C19H24N2O2.C2H6O.C2H6/c1-5-6-8-14(2)15(3)17-9-7-10-18(11-17)21(13-20)12-19(23)16(4)22;1-3-2;1-2/h5-12,23H,1,13,20H2,2-4H3;1-2H3;1-2H3/b8-6-,15-14+,19-12+;;. The molecule has 28 heavy (non-hydrogen) atoms. The smallest absolute Gasteiger partial charge is 0.195 e. The Balaban J connectivity index is 0. The van der Waals surface area contributed by atoms with Gasteiger partial charge in [0.1, 0.15) is 0 Å². The number of carbonyl (C=O) groups excluding carboxylic acids is 1. The average Bonchev–Trinajstić information content (AvgIpc) is 2.71. The van der Waals surface area contributed by atoms with Gasteiger partial charge in [-0.05, 0) is 42.7 Å². The van der Waals surface area contributed by atoms with Crippen LogP contribution in [0.3, 0.4) is 0 Å². The molecule has 0 amide bonds. The number of aliphatic hydroxyl groups excluding tert-OH is 1. The summed E-state index contributed by atoms with van der Waals surface area (Å²) in [4.78, 5) is 12.8. The normalized spacial score (nSPS) is 11.5. The summed E-state index contributed by atoms with van der Waals surface area (Å²) in [7, 11) is 3.25. The molecule has 0 saturated carbocycles. The van der Waals surface area contributed by atoms with Gasteiger partial charge in [-0.2, -0.15) is 0 Å². The molecule has 0 aromatic heterocycles. The number of nitrogens with zero attached hydrogens (tertiary/aromatic N) is 1. The van der Waals surface area contributed by atoms with E-state index in [2.05, 4.69) is 11.3 Å². The van der Waals surface area contributed by atoms with Crippen LogP contribution in [0.4, 0.5) is 5.69 Å². The molecule has 0 unspecified atom stereocenters. The van der Waals surface area contributed by atoms with Crippen LogP contribution in [0.15, 0.2) is 66.6 Å². The highest BCUT2D eigenvalue weighted by molar-refractivity contribution is 5.91. The van der Waals surface area contributed by atoms with E-state index in [1.807, 2.05) is 64.1 Å². The molecular weight excluding hydrogens is 352 g/mol. The highest BCUT2D eigenvalue weighted by atomic mass is 16.4. The predicted molar refractivity (Wildman–Crippen MR) is 121 cm³/mol. The quantitative estimate of drug-likeness (QED) is 0.290. The van der Waals surface area contributed by atoms with Crippen LogP contribution in [-0.4, -0.2) is 31.8 Å². The number of hydrogen-bond donors (Lipinski definition) is 2. The third-order valence-corrected chi connectivity index (χ3v) is 3.52. The van der Waals surface area contributed by atoms with Crippen molar-refractivity contribution < 1.29 is 14.6 Å². The summed E-state index contributed by atoms with van der Waals surface area (Å²) in [5, 5.41) is 9.64. The lowest BCUT2D eigenvalue weighted by molar-refractivity contribution is -0.115. The number of ether oxygens (including phenoxy) is 1. The van der Waals surface area contributed by atoms with E-state index in [1.165, 1.54) is 13.1 Å². The monoisotopic (exact) mass is 388 g/mol. The second-order valence-corrected chi connectivity index (χ2v) is 5.58. The van der Waals surface area contributed by atoms with Crippen molar-refractivity contribution in [3.8, 4) is 0 Å². The number of benzene rings is 1. The SMILES string of the molecule is C=C/C=C\C(C)=C(/C)c1cccc(N(/C=C(/O)C(C)=O)CN)c1.CC.COC. The van der Waals surface area contributed by atoms with Gasteiger partial charge in [0, 0.05) is 26.8 Å². The van der Waals surface area contributed by atoms with Crippen LogP contribution in [0.25, 0.3) is 5.57 Å². The molecule has 0 atom stereocenters. The number of nitrogens with two attached hydrogens (primary N) is 1. The maximum atomic E-state index is 11.2. The van der Waals surface area contributed by atoms with Gasteiger partial charge in [0.2, 0.25) is 0 Å². The predicted octanol–water partition coefficient (Wildman–Crippen LogP) is 5.22. The van der Waals surface area contributed by atoms with E-state index in [0.717, 1.165) is 22.4 Å². The van der Waals surface area contributed by atoms with E-state index >= 15 is 0 Å². The Morgan fingerprint density at radius 1 is 1.25 bits per heavy atom. The topological polar surface area (TPSA) is 75.8 Å². The molecular formula is C23H36N2O3. The Kier molecular flexibility index (Phi) is 16.3. The summed E-state index contributed by atoms with van der Waals surface area (Å²) in [5.41, 5.74) is 9.83. The molecule has 0 fully saturated rings. The molecule has 0 heterocycles. The van der Waals surface area contributed by atoms with Gasteiger partial charge in [-0.15, -0.1) is 0 Å². The summed E-state index contributed by atoms with van der Waals surface area (Å²) in [5.74, 6) is -0.723. The molecule has 0 saturated heterocycles. The van der Waals surface area contributed by atoms with Gasteiger partial charge in [-0.1, -0.05) is 50.8 Å². The minimum atomic E-state index is -0.402. The van der Waals surface area contributed by atoms with Crippen molar-refractivity contribution in [3.05, 3.63) is 72.2 Å². The fraction of sp³-hybridized carbons (Fsp3) is 0.348. The molecule has 1 rings (SSSR count). The third-order valence-electron chi connectivity index (χ3n) is 3.52. The molecule has 1 aromatic rings. The van der Waals surface area contributed by atoms with Crippen molar-refractivity contribution >= 4 is 17.0 Å². The first-order valence-corrected chi connectivity index (χ1v) is 9.17. The fourth-order valence-corrected chi connectivity index (χ4v) is 1.95. The zero-order valence-corrected chi connectivity index (χ0v) is 18.3. The number of allylic oxidation sites excluding steroid dienone is 6. The Bertz CT molecular complexity index is 689. The first-order valence-electron chi connectivity index (χ1n) is 9.17. The first kappa shape index (κ1) is 27.6. The van der Waals surface area contributed by atoms with Crippen molar-refractivity contribution in [1.29, 1.82) is 0 Å². The van der Waals surface area contributed by atoms with Crippen molar-refractivity contribution in [2.24, 2.45) is 5.73 Å². The van der Waals surface area contributed by atoms with E-state index in [-0.39, 0.29) is 12.4 Å². The van der Waals surface area contributed by atoms with Crippen LogP contribution >= 0.6 is 0 Å². The van der Waals surface area contributed by atoms with Crippen molar-refractivity contribution in [2.45, 2.75) is 34.6 Å². The Morgan fingerprint density at radius 3 is 2.29 bits per heavy atom. The largest absolute Gasteiger partial charge is 0.503 e. The van der Waals surface area contributed by atoms with Crippen molar-refractivity contribution in [2.75, 3.05) is 25.8 Å². The lowest BCUT2D eigenvalue weighted by Gasteiger charge is -2.19. The Morgan fingerprint density at radius 2 is 1.82 bits per heavy atom. The van der Waals surface area contributed by atoms with Gasteiger partial charge in [-0.25, -0.2) is 0 Å². The number of Topliss-reactive ketones (excluding diaryl/α,β-unsaturated/α-hetero) is 1. The molecule has 0 bridgehead atoms. The minimum absolute atomic E-state index is 0.152. The number of anilines is 1. The second kappa shape index (κ2) is 16.5. The van der Waals surface area contributed by atoms with E-state index in [4.69, 9.17) is 5.73 Å². The van der Waals surface area contributed by atoms with Crippen molar-refractivity contribution in [1.82, 2.24) is 0 Å². The third kappa shape index (κ3) is 10.5. The molecule has 0 radical (unpaired) electrons. The summed E-state index contributed by atoms with van der Waals surface area (Å²) in [6, 6.07) is 7.77. The van der Waals surface area contributed by atoms with Crippen LogP contribution in [-0.2, 0) is 9.53 Å². The fourth-order valence-electron chi connectivity index (χ4n) is 1.95. The summed E-state index contributed by atoms with van der Waals surface area (Å²) < 4.78 is 4.25. The number of hydrogen-bond acceptors (Lipinski definition) is 5. The lowest BCUT2D eigenvalue weighted by atomic mass is 10.0. The molecule has 0 aliphatic rings. The summed E-state index contributed by atoms with van der Waals surface area (Å²) in [6.07, 6.45) is 6.98. The number of rotatable bonds is 7. The molecule has 3 N–H and O–H groups in total. The summed E-state index contributed by atoms with van der Waals surface area (Å²) in [6.45, 7) is 13.2. The van der Waals surface area contributed by atoms with E-state index in [1.54, 1.807) is 25.2 Å². The van der Waals surface area contributed by atoms with Crippen molar-refractivity contribution in [3.63, 3.8) is 0 Å². The van der Waals surface area contributed by atoms with Gasteiger partial charge < -0.3 is 20.5 Å². The molecule has 156 valence electrons. The molecule has 1 aromatic carbocycles. The number of ketones is 1. The Hall–Kier alpha value is -2.63. The molecule has 5 nitrogen and oxygen atoms in total. The second-order valence-electron chi connectivity index (χ2n) is 5.58. The minimum Gasteiger partial charge on any atom is -0.503 e. The van der Waals surface area contributed by atoms with E-state index < -0.39 is 5.78 Å². The highest BCUT2D eigenvalue weighted by Crippen LogP contribution is 2.24. The van der Waals surface area contributed by atoms with Gasteiger partial charge in [0.05, 0.1) is 12.9 Å². The Labute approximate surface area is 170 Å². The first-order chi connectivity index (χ1) is 13.3. The van der Waals surface area contributed by atoms with Gasteiger partial charge in [0.15, 0.2) is 11.5 Å². The zero-order valence-electron chi connectivity index (χ0n) is 18.3. The number of aliphatic hydroxyl groups is 1. The summed E-state index contributed by atoms with van der Waals surface area (Å²) >= 11 is 0. The van der Waals surface area contributed by atoms with Gasteiger partial charge in [-0.3, -0.25) is 4.79 Å². The maximum Gasteiger partial charge on any atom is 0.195 e. The van der Waals surface area contributed by atoms with E-state index in [0.29, 0.717) is 0 Å². The van der Waals surface area contributed by atoms with Gasteiger partial charge in [0.25, 0.3) is 0 Å². The van der Waals surface area contributed by atoms with Gasteiger partial charge >= 0.3 is 0 Å². The highest BCUT2D eigenvalue weighted by Gasteiger charge is 2.08. The average molecular weight is 389 g/mol. The molecule has 5 heteroatoms. The van der Waals surface area contributed by atoms with Crippen LogP contribution in [0, 0.1) is 0 Å².